The summed E-state index contributed by atoms with van der Waals surface area (Å²) >= 11 is 6.00. The number of halogens is 1. The van der Waals surface area contributed by atoms with Crippen LogP contribution >= 0.6 is 11.6 Å². The minimum atomic E-state index is -0.332. The minimum absolute atomic E-state index is 0.182. The summed E-state index contributed by atoms with van der Waals surface area (Å²) in [6.07, 6.45) is 1.95. The highest BCUT2D eigenvalue weighted by atomic mass is 35.5. The van der Waals surface area contributed by atoms with Crippen molar-refractivity contribution < 1.29 is 9.53 Å². The number of nitrogens with zero attached hydrogens (tertiary/aromatic N) is 1. The van der Waals surface area contributed by atoms with E-state index in [1.165, 1.54) is 7.11 Å². The molecule has 1 aromatic heterocycles. The normalized spacial score (nSPS) is 10.8. The van der Waals surface area contributed by atoms with Gasteiger partial charge in [0, 0.05) is 22.8 Å². The van der Waals surface area contributed by atoms with Crippen LogP contribution in [0.25, 0.3) is 11.1 Å². The maximum absolute atomic E-state index is 11.8. The highest BCUT2D eigenvalue weighted by Gasteiger charge is 2.16. The van der Waals surface area contributed by atoms with Crippen LogP contribution < -0.4 is 0 Å². The van der Waals surface area contributed by atoms with Gasteiger partial charge in [-0.3, -0.25) is 0 Å². The molecule has 1 heterocycles. The van der Waals surface area contributed by atoms with Crippen molar-refractivity contribution >= 4 is 17.6 Å². The molecule has 0 radical (unpaired) electrons. The van der Waals surface area contributed by atoms with Crippen molar-refractivity contribution in [3.8, 4) is 11.1 Å². The summed E-state index contributed by atoms with van der Waals surface area (Å²) in [5.41, 5.74) is 2.49. The number of methoxy groups -OCH3 is 1. The molecule has 0 atom stereocenters. The van der Waals surface area contributed by atoms with E-state index in [1.807, 2.05) is 54.9 Å². The SMILES string of the molecule is COC(=O)c1cc(-c2cccc(Cl)c2)cn1C(C)C. The molecule has 0 fully saturated rings. The van der Waals surface area contributed by atoms with Crippen molar-refractivity contribution in [2.45, 2.75) is 19.9 Å². The molecule has 1 aromatic carbocycles. The lowest BCUT2D eigenvalue weighted by Crippen LogP contribution is -2.11. The summed E-state index contributed by atoms with van der Waals surface area (Å²) in [7, 11) is 1.39. The molecule has 2 rings (SSSR count). The molecular formula is C15H16ClNO2. The Morgan fingerprint density at radius 1 is 1.26 bits per heavy atom. The number of carbonyl (C=O) groups excluding carboxylic acids is 1. The predicted octanol–water partition coefficient (Wildman–Crippen LogP) is 4.18. The molecule has 0 saturated carbocycles. The maximum Gasteiger partial charge on any atom is 0.354 e. The molecule has 0 aliphatic rings. The molecule has 0 bridgehead atoms. The number of esters is 1. The van der Waals surface area contributed by atoms with E-state index >= 15 is 0 Å². The Bertz CT molecular complexity index is 602. The lowest BCUT2D eigenvalue weighted by molar-refractivity contribution is 0.0587. The first kappa shape index (κ1) is 13.7. The van der Waals surface area contributed by atoms with Crippen molar-refractivity contribution in [1.82, 2.24) is 4.57 Å². The molecule has 0 spiro atoms. The van der Waals surface area contributed by atoms with Crippen molar-refractivity contribution in [2.24, 2.45) is 0 Å². The van der Waals surface area contributed by atoms with E-state index in [1.54, 1.807) is 0 Å². The fourth-order valence-electron chi connectivity index (χ4n) is 2.00. The van der Waals surface area contributed by atoms with E-state index in [-0.39, 0.29) is 12.0 Å². The first-order chi connectivity index (χ1) is 9.02. The topological polar surface area (TPSA) is 31.2 Å². The smallest absolute Gasteiger partial charge is 0.354 e. The molecule has 0 aliphatic carbocycles. The third-order valence-electron chi connectivity index (χ3n) is 2.96. The van der Waals surface area contributed by atoms with Crippen molar-refractivity contribution in [1.29, 1.82) is 0 Å². The first-order valence-corrected chi connectivity index (χ1v) is 6.47. The summed E-state index contributed by atoms with van der Waals surface area (Å²) in [6.45, 7) is 4.04. The van der Waals surface area contributed by atoms with Crippen molar-refractivity contribution in [2.75, 3.05) is 7.11 Å². The van der Waals surface area contributed by atoms with Gasteiger partial charge in [0.05, 0.1) is 7.11 Å². The minimum Gasteiger partial charge on any atom is -0.464 e. The van der Waals surface area contributed by atoms with Crippen LogP contribution in [-0.2, 0) is 4.74 Å². The van der Waals surface area contributed by atoms with Gasteiger partial charge in [-0.15, -0.1) is 0 Å². The second-order valence-electron chi connectivity index (χ2n) is 4.62. The number of rotatable bonds is 3. The second-order valence-corrected chi connectivity index (χ2v) is 5.05. The zero-order valence-electron chi connectivity index (χ0n) is 11.2. The molecule has 0 N–H and O–H groups in total. The Labute approximate surface area is 117 Å². The Morgan fingerprint density at radius 2 is 2.00 bits per heavy atom. The third-order valence-corrected chi connectivity index (χ3v) is 3.19. The van der Waals surface area contributed by atoms with Gasteiger partial charge in [-0.05, 0) is 37.6 Å². The monoisotopic (exact) mass is 277 g/mol. The molecule has 19 heavy (non-hydrogen) atoms. The Balaban J connectivity index is 2.51. The molecule has 0 amide bonds. The summed E-state index contributed by atoms with van der Waals surface area (Å²) in [6, 6.07) is 9.57. The van der Waals surface area contributed by atoms with Gasteiger partial charge < -0.3 is 9.30 Å². The number of hydrogen-bond acceptors (Lipinski definition) is 2. The Morgan fingerprint density at radius 3 is 2.58 bits per heavy atom. The number of carbonyl (C=O) groups is 1. The molecule has 3 nitrogen and oxygen atoms in total. The zero-order chi connectivity index (χ0) is 14.0. The zero-order valence-corrected chi connectivity index (χ0v) is 11.9. The van der Waals surface area contributed by atoms with Crippen LogP contribution in [0.15, 0.2) is 36.5 Å². The standard InChI is InChI=1S/C15H16ClNO2/c1-10(2)17-9-12(8-14(17)15(18)19-3)11-5-4-6-13(16)7-11/h4-10H,1-3H3. The van der Waals surface area contributed by atoms with E-state index in [2.05, 4.69) is 0 Å². The molecule has 4 heteroatoms. The van der Waals surface area contributed by atoms with Gasteiger partial charge in [0.1, 0.15) is 5.69 Å². The highest BCUT2D eigenvalue weighted by molar-refractivity contribution is 6.30. The van der Waals surface area contributed by atoms with Crippen LogP contribution in [0.1, 0.15) is 30.4 Å². The number of hydrogen-bond donors (Lipinski definition) is 0. The van der Waals surface area contributed by atoms with Crippen LogP contribution in [0.2, 0.25) is 5.02 Å². The van der Waals surface area contributed by atoms with Gasteiger partial charge >= 0.3 is 5.97 Å². The van der Waals surface area contributed by atoms with Gasteiger partial charge in [-0.25, -0.2) is 4.79 Å². The molecular weight excluding hydrogens is 262 g/mol. The van der Waals surface area contributed by atoms with E-state index in [0.717, 1.165) is 11.1 Å². The van der Waals surface area contributed by atoms with Gasteiger partial charge in [-0.2, -0.15) is 0 Å². The molecule has 100 valence electrons. The quantitative estimate of drug-likeness (QED) is 0.788. The Hall–Kier alpha value is -1.74. The number of benzene rings is 1. The fraction of sp³-hybridized carbons (Fsp3) is 0.267. The molecule has 2 aromatic rings. The summed E-state index contributed by atoms with van der Waals surface area (Å²) in [4.78, 5) is 11.8. The van der Waals surface area contributed by atoms with Crippen molar-refractivity contribution in [3.05, 3.63) is 47.2 Å². The number of aromatic nitrogens is 1. The van der Waals surface area contributed by atoms with E-state index < -0.39 is 0 Å². The fourth-order valence-corrected chi connectivity index (χ4v) is 2.19. The van der Waals surface area contributed by atoms with Crippen LogP contribution in [0.4, 0.5) is 0 Å². The molecule has 0 saturated heterocycles. The first-order valence-electron chi connectivity index (χ1n) is 6.09. The van der Waals surface area contributed by atoms with Crippen LogP contribution in [0, 0.1) is 0 Å². The predicted molar refractivity (Wildman–Crippen MR) is 76.6 cm³/mol. The largest absolute Gasteiger partial charge is 0.464 e. The highest BCUT2D eigenvalue weighted by Crippen LogP contribution is 2.27. The van der Waals surface area contributed by atoms with Gasteiger partial charge in [0.15, 0.2) is 0 Å². The molecule has 0 aliphatic heterocycles. The molecule has 0 unspecified atom stereocenters. The lowest BCUT2D eigenvalue weighted by Gasteiger charge is -2.10. The number of ether oxygens (including phenoxy) is 1. The van der Waals surface area contributed by atoms with E-state index in [4.69, 9.17) is 16.3 Å². The summed E-state index contributed by atoms with van der Waals surface area (Å²) in [5.74, 6) is -0.332. The van der Waals surface area contributed by atoms with Crippen LogP contribution in [0.3, 0.4) is 0 Å². The van der Waals surface area contributed by atoms with Crippen LogP contribution in [-0.4, -0.2) is 17.6 Å². The average molecular weight is 278 g/mol. The van der Waals surface area contributed by atoms with E-state index in [9.17, 15) is 4.79 Å². The average Bonchev–Trinajstić information content (AvgIpc) is 2.83. The van der Waals surface area contributed by atoms with Crippen LogP contribution in [0.5, 0.6) is 0 Å². The summed E-state index contributed by atoms with van der Waals surface area (Å²) < 4.78 is 6.72. The van der Waals surface area contributed by atoms with Gasteiger partial charge in [0.2, 0.25) is 0 Å². The second kappa shape index (κ2) is 5.49. The van der Waals surface area contributed by atoms with Crippen molar-refractivity contribution in [3.63, 3.8) is 0 Å². The third kappa shape index (κ3) is 2.82. The lowest BCUT2D eigenvalue weighted by atomic mass is 10.1. The van der Waals surface area contributed by atoms with Gasteiger partial charge in [-0.1, -0.05) is 23.7 Å². The maximum atomic E-state index is 11.8. The van der Waals surface area contributed by atoms with Gasteiger partial charge in [0.25, 0.3) is 0 Å². The van der Waals surface area contributed by atoms with E-state index in [0.29, 0.717) is 10.7 Å². The summed E-state index contributed by atoms with van der Waals surface area (Å²) in [5, 5.41) is 0.675. The Kier molecular flexibility index (Phi) is 3.96.